The van der Waals surface area contributed by atoms with Crippen LogP contribution in [0.5, 0.6) is 0 Å². The minimum atomic E-state index is -3.69. The maximum absolute atomic E-state index is 12.5. The first-order valence-electron chi connectivity index (χ1n) is 6.05. The van der Waals surface area contributed by atoms with Gasteiger partial charge in [0.1, 0.15) is 4.90 Å². The summed E-state index contributed by atoms with van der Waals surface area (Å²) in [5.74, 6) is 0. The van der Waals surface area contributed by atoms with Crippen molar-refractivity contribution in [2.24, 2.45) is 0 Å². The van der Waals surface area contributed by atoms with E-state index in [1.165, 1.54) is 23.5 Å². The molecule has 0 bridgehead atoms. The second kappa shape index (κ2) is 5.66. The van der Waals surface area contributed by atoms with Crippen LogP contribution < -0.4 is 5.73 Å². The lowest BCUT2D eigenvalue weighted by molar-refractivity contribution is 0.0979. The van der Waals surface area contributed by atoms with Gasteiger partial charge in [0.2, 0.25) is 10.0 Å². The molecule has 1 unspecified atom stereocenters. The molecule has 19 heavy (non-hydrogen) atoms. The van der Waals surface area contributed by atoms with Crippen molar-refractivity contribution in [2.75, 3.05) is 25.9 Å². The number of hydrogen-bond acceptors (Lipinski definition) is 4. The molecule has 0 aliphatic carbocycles. The third-order valence-corrected chi connectivity index (χ3v) is 5.52. The first-order valence-corrected chi connectivity index (χ1v) is 7.86. The predicted molar refractivity (Wildman–Crippen MR) is 74.7 cm³/mol. The zero-order valence-corrected chi connectivity index (χ0v) is 12.2. The lowest BCUT2D eigenvalue weighted by Gasteiger charge is -2.21. The second-order valence-electron chi connectivity index (χ2n) is 4.58. The molecule has 0 radical (unpaired) electrons. The van der Waals surface area contributed by atoms with E-state index in [4.69, 9.17) is 22.1 Å². The maximum atomic E-state index is 12.5. The molecule has 1 fully saturated rings. The van der Waals surface area contributed by atoms with Crippen LogP contribution in [0.25, 0.3) is 0 Å². The number of benzene rings is 1. The molecule has 5 nitrogen and oxygen atoms in total. The SMILES string of the molecule is CN(CC1CCCO1)S(=O)(=O)c1c(N)cccc1Cl. The van der Waals surface area contributed by atoms with E-state index in [-0.39, 0.29) is 21.7 Å². The molecule has 1 aromatic carbocycles. The van der Waals surface area contributed by atoms with Gasteiger partial charge in [-0.2, -0.15) is 4.31 Å². The molecule has 1 saturated heterocycles. The molecular weight excluding hydrogens is 288 g/mol. The minimum Gasteiger partial charge on any atom is -0.398 e. The van der Waals surface area contributed by atoms with Crippen LogP contribution >= 0.6 is 11.6 Å². The third kappa shape index (κ3) is 3.02. The van der Waals surface area contributed by atoms with E-state index in [9.17, 15) is 8.42 Å². The molecule has 1 aliphatic heterocycles. The molecule has 7 heteroatoms. The summed E-state index contributed by atoms with van der Waals surface area (Å²) in [6.45, 7) is 1.000. The van der Waals surface area contributed by atoms with Gasteiger partial charge in [0, 0.05) is 20.2 Å². The van der Waals surface area contributed by atoms with Crippen molar-refractivity contribution in [1.29, 1.82) is 0 Å². The Balaban J connectivity index is 2.26. The van der Waals surface area contributed by atoms with E-state index in [0.29, 0.717) is 13.2 Å². The van der Waals surface area contributed by atoms with Gasteiger partial charge in [0.05, 0.1) is 16.8 Å². The summed E-state index contributed by atoms with van der Waals surface area (Å²) in [6, 6.07) is 4.67. The Bertz CT molecular complexity index is 536. The van der Waals surface area contributed by atoms with Crippen LogP contribution in [-0.4, -0.2) is 39.0 Å². The highest BCUT2D eigenvalue weighted by molar-refractivity contribution is 7.89. The molecule has 0 saturated carbocycles. The van der Waals surface area contributed by atoms with E-state index in [2.05, 4.69) is 0 Å². The topological polar surface area (TPSA) is 72.6 Å². The number of nitrogens with two attached hydrogens (primary N) is 1. The number of likely N-dealkylation sites (N-methyl/N-ethyl adjacent to an activating group) is 1. The van der Waals surface area contributed by atoms with Gasteiger partial charge in [-0.15, -0.1) is 0 Å². The number of sulfonamides is 1. The smallest absolute Gasteiger partial charge is 0.246 e. The highest BCUT2D eigenvalue weighted by Crippen LogP contribution is 2.29. The summed E-state index contributed by atoms with van der Waals surface area (Å²) in [5, 5.41) is 0.138. The fraction of sp³-hybridized carbons (Fsp3) is 0.500. The van der Waals surface area contributed by atoms with Gasteiger partial charge in [-0.25, -0.2) is 8.42 Å². The van der Waals surface area contributed by atoms with Gasteiger partial charge in [-0.05, 0) is 25.0 Å². The summed E-state index contributed by atoms with van der Waals surface area (Å²) in [6.07, 6.45) is 1.79. The third-order valence-electron chi connectivity index (χ3n) is 3.15. The molecule has 0 amide bonds. The number of hydrogen-bond donors (Lipinski definition) is 1. The quantitative estimate of drug-likeness (QED) is 0.860. The van der Waals surface area contributed by atoms with Crippen LogP contribution in [0.1, 0.15) is 12.8 Å². The van der Waals surface area contributed by atoms with E-state index in [0.717, 1.165) is 12.8 Å². The predicted octanol–water partition coefficient (Wildman–Crippen LogP) is 1.72. The Hall–Kier alpha value is -0.820. The molecule has 1 heterocycles. The van der Waals surface area contributed by atoms with Crippen molar-refractivity contribution in [3.8, 4) is 0 Å². The van der Waals surface area contributed by atoms with Crippen LogP contribution in [0, 0.1) is 0 Å². The summed E-state index contributed by atoms with van der Waals surface area (Å²) in [7, 11) is -2.18. The van der Waals surface area contributed by atoms with Crippen LogP contribution in [0.2, 0.25) is 5.02 Å². The molecule has 2 N–H and O–H groups in total. The molecule has 106 valence electrons. The molecular formula is C12H17ClN2O3S. The molecule has 1 atom stereocenters. The largest absolute Gasteiger partial charge is 0.398 e. The van der Waals surface area contributed by atoms with Crippen molar-refractivity contribution < 1.29 is 13.2 Å². The van der Waals surface area contributed by atoms with Gasteiger partial charge >= 0.3 is 0 Å². The standard InChI is InChI=1S/C12H17ClN2O3S/c1-15(8-9-4-3-7-18-9)19(16,17)12-10(13)5-2-6-11(12)14/h2,5-6,9H,3-4,7-8,14H2,1H3. The van der Waals surface area contributed by atoms with Gasteiger partial charge < -0.3 is 10.5 Å². The summed E-state index contributed by atoms with van der Waals surface area (Å²) >= 11 is 5.96. The van der Waals surface area contributed by atoms with Crippen molar-refractivity contribution in [3.05, 3.63) is 23.2 Å². The first-order chi connectivity index (χ1) is 8.93. The van der Waals surface area contributed by atoms with Gasteiger partial charge in [-0.1, -0.05) is 17.7 Å². The van der Waals surface area contributed by atoms with E-state index in [1.54, 1.807) is 6.07 Å². The Morgan fingerprint density at radius 1 is 1.53 bits per heavy atom. The Morgan fingerprint density at radius 2 is 2.26 bits per heavy atom. The number of halogens is 1. The Morgan fingerprint density at radius 3 is 2.84 bits per heavy atom. The molecule has 1 aliphatic rings. The van der Waals surface area contributed by atoms with Gasteiger partial charge in [-0.3, -0.25) is 0 Å². The van der Waals surface area contributed by atoms with Gasteiger partial charge in [0.15, 0.2) is 0 Å². The number of ether oxygens (including phenoxy) is 1. The number of nitrogens with zero attached hydrogens (tertiary/aromatic N) is 1. The minimum absolute atomic E-state index is 0.0304. The summed E-state index contributed by atoms with van der Waals surface area (Å²) < 4.78 is 31.6. The van der Waals surface area contributed by atoms with Crippen molar-refractivity contribution in [1.82, 2.24) is 4.31 Å². The Kier molecular flexibility index (Phi) is 4.35. The lowest BCUT2D eigenvalue weighted by atomic mass is 10.2. The zero-order chi connectivity index (χ0) is 14.0. The van der Waals surface area contributed by atoms with Crippen molar-refractivity contribution >= 4 is 27.3 Å². The van der Waals surface area contributed by atoms with Crippen LogP contribution in [0.4, 0.5) is 5.69 Å². The molecule has 0 aromatic heterocycles. The average Bonchev–Trinajstić information content (AvgIpc) is 2.81. The fourth-order valence-corrected chi connectivity index (χ4v) is 3.96. The maximum Gasteiger partial charge on any atom is 0.246 e. The number of anilines is 1. The van der Waals surface area contributed by atoms with Crippen molar-refractivity contribution in [2.45, 2.75) is 23.8 Å². The van der Waals surface area contributed by atoms with Crippen LogP contribution in [0.15, 0.2) is 23.1 Å². The lowest BCUT2D eigenvalue weighted by Crippen LogP contribution is -2.34. The highest BCUT2D eigenvalue weighted by atomic mass is 35.5. The van der Waals surface area contributed by atoms with Crippen molar-refractivity contribution in [3.63, 3.8) is 0 Å². The first kappa shape index (κ1) is 14.6. The van der Waals surface area contributed by atoms with Crippen LogP contribution in [0.3, 0.4) is 0 Å². The normalized spacial score (nSPS) is 20.1. The van der Waals surface area contributed by atoms with E-state index in [1.807, 2.05) is 0 Å². The Labute approximate surface area is 118 Å². The molecule has 2 rings (SSSR count). The highest BCUT2D eigenvalue weighted by Gasteiger charge is 2.29. The summed E-state index contributed by atoms with van der Waals surface area (Å²) in [4.78, 5) is -0.0304. The van der Waals surface area contributed by atoms with Crippen LogP contribution in [-0.2, 0) is 14.8 Å². The zero-order valence-electron chi connectivity index (χ0n) is 10.7. The van der Waals surface area contributed by atoms with E-state index < -0.39 is 10.0 Å². The monoisotopic (exact) mass is 304 g/mol. The fourth-order valence-electron chi connectivity index (χ4n) is 2.13. The average molecular weight is 305 g/mol. The molecule has 0 spiro atoms. The number of rotatable bonds is 4. The van der Waals surface area contributed by atoms with Gasteiger partial charge in [0.25, 0.3) is 0 Å². The summed E-state index contributed by atoms with van der Waals surface area (Å²) in [5.41, 5.74) is 5.89. The van der Waals surface area contributed by atoms with E-state index >= 15 is 0 Å². The molecule has 1 aromatic rings. The number of nitrogen functional groups attached to an aromatic ring is 1. The second-order valence-corrected chi connectivity index (χ2v) is 6.97.